The van der Waals surface area contributed by atoms with E-state index in [1.54, 1.807) is 19.3 Å². The zero-order valence-electron chi connectivity index (χ0n) is 13.0. The summed E-state index contributed by atoms with van der Waals surface area (Å²) >= 11 is 0. The topological polar surface area (TPSA) is 91.2 Å². The third-order valence-electron chi connectivity index (χ3n) is 4.40. The van der Waals surface area contributed by atoms with Gasteiger partial charge < -0.3 is 9.67 Å². The normalized spacial score (nSPS) is 18.9. The molecule has 3 heterocycles. The predicted octanol–water partition coefficient (Wildman–Crippen LogP) is 1.53. The summed E-state index contributed by atoms with van der Waals surface area (Å²) in [5, 5.41) is 16.1. The van der Waals surface area contributed by atoms with Gasteiger partial charge in [-0.05, 0) is 31.0 Å². The highest BCUT2D eigenvalue weighted by atomic mass is 16.4. The molecule has 1 saturated heterocycles. The first-order chi connectivity index (χ1) is 11.1. The van der Waals surface area contributed by atoms with Crippen molar-refractivity contribution < 1.29 is 9.90 Å². The lowest BCUT2D eigenvalue weighted by molar-refractivity contribution is 0.0688. The second-order valence-corrected chi connectivity index (χ2v) is 5.97. The number of hydrogen-bond donors (Lipinski definition) is 2. The summed E-state index contributed by atoms with van der Waals surface area (Å²) in [6.45, 7) is 1.50. The van der Waals surface area contributed by atoms with Crippen LogP contribution >= 0.6 is 0 Å². The number of likely N-dealkylation sites (tertiary alicyclic amines) is 1. The summed E-state index contributed by atoms with van der Waals surface area (Å²) in [7, 11) is 1.72. The average molecular weight is 316 g/mol. The molecule has 2 aromatic heterocycles. The summed E-state index contributed by atoms with van der Waals surface area (Å²) < 4.78 is 1.54. The van der Waals surface area contributed by atoms with Gasteiger partial charge in [-0.2, -0.15) is 5.10 Å². The summed E-state index contributed by atoms with van der Waals surface area (Å²) in [6.07, 6.45) is 6.12. The minimum absolute atomic E-state index is 0.0126. The first-order valence-corrected chi connectivity index (χ1v) is 7.72. The number of H-pyrrole nitrogens is 1. The maximum atomic E-state index is 11.8. The van der Waals surface area contributed by atoms with Crippen molar-refractivity contribution >= 4 is 5.97 Å². The van der Waals surface area contributed by atoms with E-state index in [2.05, 4.69) is 15.1 Å². The number of nitrogens with zero attached hydrogens (tertiary/aromatic N) is 3. The Hall–Kier alpha value is -2.41. The summed E-state index contributed by atoms with van der Waals surface area (Å²) in [5.74, 6) is -0.965. The van der Waals surface area contributed by atoms with Gasteiger partial charge in [0, 0.05) is 25.9 Å². The van der Waals surface area contributed by atoms with E-state index < -0.39 is 5.97 Å². The molecule has 2 aromatic rings. The third kappa shape index (κ3) is 3.19. The Morgan fingerprint density at radius 3 is 3.04 bits per heavy atom. The van der Waals surface area contributed by atoms with Crippen molar-refractivity contribution in [1.29, 1.82) is 0 Å². The monoisotopic (exact) mass is 316 g/mol. The molecule has 1 aliphatic heterocycles. The van der Waals surface area contributed by atoms with Crippen LogP contribution in [0.2, 0.25) is 0 Å². The Morgan fingerprint density at radius 1 is 1.48 bits per heavy atom. The maximum Gasteiger partial charge on any atom is 0.339 e. The number of carboxylic acid groups (broad SMARTS) is 1. The molecule has 0 bridgehead atoms. The van der Waals surface area contributed by atoms with Gasteiger partial charge >= 0.3 is 5.97 Å². The van der Waals surface area contributed by atoms with E-state index in [0.29, 0.717) is 12.2 Å². The quantitative estimate of drug-likeness (QED) is 0.892. The summed E-state index contributed by atoms with van der Waals surface area (Å²) in [4.78, 5) is 25.4. The van der Waals surface area contributed by atoms with Crippen LogP contribution in [0.1, 0.15) is 46.9 Å². The Morgan fingerprint density at radius 2 is 2.30 bits per heavy atom. The Bertz CT molecular complexity index is 765. The molecule has 7 nitrogen and oxygen atoms in total. The van der Waals surface area contributed by atoms with Gasteiger partial charge in [0.2, 0.25) is 0 Å². The van der Waals surface area contributed by atoms with Crippen molar-refractivity contribution in [3.8, 4) is 0 Å². The van der Waals surface area contributed by atoms with Crippen LogP contribution in [0.5, 0.6) is 0 Å². The number of aromatic carboxylic acids is 1. The van der Waals surface area contributed by atoms with E-state index in [1.807, 2.05) is 6.07 Å². The second-order valence-electron chi connectivity index (χ2n) is 5.97. The molecule has 0 spiro atoms. The number of pyridine rings is 1. The van der Waals surface area contributed by atoms with E-state index in [0.717, 1.165) is 31.4 Å². The van der Waals surface area contributed by atoms with Gasteiger partial charge in [-0.1, -0.05) is 6.42 Å². The van der Waals surface area contributed by atoms with Crippen LogP contribution in [0.25, 0.3) is 0 Å². The standard InChI is InChI=1S/C16H20N4O3/c1-19-7-5-11(8-14(19)21)10-20-6-3-2-4-13(20)15-12(16(22)23)9-17-18-15/h5,7-9,13H,2-4,6,10H2,1H3,(H,17,18)(H,22,23). The van der Waals surface area contributed by atoms with E-state index in [4.69, 9.17) is 0 Å². The van der Waals surface area contributed by atoms with Crippen LogP contribution in [-0.2, 0) is 13.6 Å². The number of piperidine rings is 1. The maximum absolute atomic E-state index is 11.8. The van der Waals surface area contributed by atoms with Crippen LogP contribution in [-0.4, -0.2) is 37.3 Å². The van der Waals surface area contributed by atoms with Crippen LogP contribution in [0.3, 0.4) is 0 Å². The van der Waals surface area contributed by atoms with Gasteiger partial charge in [0.25, 0.3) is 5.56 Å². The lowest BCUT2D eigenvalue weighted by Gasteiger charge is -2.35. The number of hydrogen-bond acceptors (Lipinski definition) is 4. The molecule has 1 atom stereocenters. The lowest BCUT2D eigenvalue weighted by Crippen LogP contribution is -2.34. The molecule has 1 fully saturated rings. The molecule has 3 rings (SSSR count). The minimum Gasteiger partial charge on any atom is -0.478 e. The smallest absolute Gasteiger partial charge is 0.339 e. The van der Waals surface area contributed by atoms with E-state index in [-0.39, 0.29) is 17.2 Å². The van der Waals surface area contributed by atoms with E-state index in [1.165, 1.54) is 10.8 Å². The molecule has 2 N–H and O–H groups in total. The van der Waals surface area contributed by atoms with Crippen LogP contribution in [0, 0.1) is 0 Å². The molecule has 0 aromatic carbocycles. The molecule has 7 heteroatoms. The van der Waals surface area contributed by atoms with Crippen molar-refractivity contribution in [2.75, 3.05) is 6.54 Å². The second kappa shape index (κ2) is 6.37. The molecule has 122 valence electrons. The van der Waals surface area contributed by atoms with E-state index >= 15 is 0 Å². The fourth-order valence-electron chi connectivity index (χ4n) is 3.15. The number of aryl methyl sites for hydroxylation is 1. The highest BCUT2D eigenvalue weighted by Crippen LogP contribution is 2.32. The highest BCUT2D eigenvalue weighted by Gasteiger charge is 2.29. The van der Waals surface area contributed by atoms with Gasteiger partial charge in [0.15, 0.2) is 0 Å². The zero-order chi connectivity index (χ0) is 16.4. The number of rotatable bonds is 4. The third-order valence-corrected chi connectivity index (χ3v) is 4.40. The fourth-order valence-corrected chi connectivity index (χ4v) is 3.15. The Kier molecular flexibility index (Phi) is 4.29. The van der Waals surface area contributed by atoms with Gasteiger partial charge in [-0.3, -0.25) is 14.8 Å². The van der Waals surface area contributed by atoms with E-state index in [9.17, 15) is 14.7 Å². The van der Waals surface area contributed by atoms with Crippen molar-refractivity contribution in [2.45, 2.75) is 31.8 Å². The summed E-state index contributed by atoms with van der Waals surface area (Å²) in [5.41, 5.74) is 1.78. The molecule has 0 aliphatic carbocycles. The molecule has 1 aliphatic rings. The van der Waals surface area contributed by atoms with Crippen LogP contribution in [0.4, 0.5) is 0 Å². The predicted molar refractivity (Wildman–Crippen MR) is 84.2 cm³/mol. The fraction of sp³-hybridized carbons (Fsp3) is 0.438. The number of aromatic amines is 1. The molecule has 1 unspecified atom stereocenters. The largest absolute Gasteiger partial charge is 0.478 e. The SMILES string of the molecule is Cn1ccc(CN2CCCCC2c2[nH]ncc2C(=O)O)cc1=O. The highest BCUT2D eigenvalue weighted by molar-refractivity contribution is 5.88. The first-order valence-electron chi connectivity index (χ1n) is 7.72. The summed E-state index contributed by atoms with van der Waals surface area (Å²) in [6, 6.07) is 3.55. The van der Waals surface area contributed by atoms with Crippen LogP contribution in [0.15, 0.2) is 29.3 Å². The van der Waals surface area contributed by atoms with Crippen molar-refractivity contribution in [3.63, 3.8) is 0 Å². The van der Waals surface area contributed by atoms with Gasteiger partial charge in [-0.25, -0.2) is 4.79 Å². The van der Waals surface area contributed by atoms with Crippen LogP contribution < -0.4 is 5.56 Å². The molecular weight excluding hydrogens is 296 g/mol. The number of carboxylic acids is 1. The van der Waals surface area contributed by atoms with Crippen molar-refractivity contribution in [1.82, 2.24) is 19.7 Å². The van der Waals surface area contributed by atoms with Crippen molar-refractivity contribution in [2.24, 2.45) is 7.05 Å². The zero-order valence-corrected chi connectivity index (χ0v) is 13.0. The minimum atomic E-state index is -0.965. The molecular formula is C16H20N4O3. The molecule has 0 saturated carbocycles. The lowest BCUT2D eigenvalue weighted by atomic mass is 9.96. The van der Waals surface area contributed by atoms with Gasteiger partial charge in [0.1, 0.15) is 5.56 Å². The molecule has 0 amide bonds. The number of nitrogens with one attached hydrogen (secondary N) is 1. The van der Waals surface area contributed by atoms with Gasteiger partial charge in [0.05, 0.1) is 17.9 Å². The van der Waals surface area contributed by atoms with Gasteiger partial charge in [-0.15, -0.1) is 0 Å². The number of carbonyl (C=O) groups is 1. The Labute approximate surface area is 133 Å². The first kappa shape index (κ1) is 15.5. The number of aromatic nitrogens is 3. The molecule has 23 heavy (non-hydrogen) atoms. The molecule has 0 radical (unpaired) electrons. The Balaban J connectivity index is 1.86. The van der Waals surface area contributed by atoms with Crippen molar-refractivity contribution in [3.05, 3.63) is 51.7 Å². The average Bonchev–Trinajstić information content (AvgIpc) is 3.01.